The summed E-state index contributed by atoms with van der Waals surface area (Å²) in [7, 11) is 0. The van der Waals surface area contributed by atoms with Gasteiger partial charge in [0.05, 0.1) is 22.3 Å². The van der Waals surface area contributed by atoms with E-state index in [-0.39, 0.29) is 11.8 Å². The van der Waals surface area contributed by atoms with Gasteiger partial charge in [-0.15, -0.1) is 0 Å². The van der Waals surface area contributed by atoms with Crippen molar-refractivity contribution in [1.82, 2.24) is 5.32 Å². The summed E-state index contributed by atoms with van der Waals surface area (Å²) in [6, 6.07) is 5.33. The molecule has 0 bridgehead atoms. The number of hydrazone groups is 1. The van der Waals surface area contributed by atoms with Gasteiger partial charge in [0, 0.05) is 24.2 Å². The highest BCUT2D eigenvalue weighted by Crippen LogP contribution is 2.29. The van der Waals surface area contributed by atoms with Gasteiger partial charge in [-0.25, -0.2) is 0 Å². The first-order valence-corrected chi connectivity index (χ1v) is 8.43. The molecule has 130 valence electrons. The van der Waals surface area contributed by atoms with Crippen LogP contribution in [-0.2, 0) is 4.79 Å². The number of nitrogens with one attached hydrogen (secondary N) is 1. The van der Waals surface area contributed by atoms with Crippen LogP contribution in [0.2, 0.25) is 10.0 Å². The minimum Gasteiger partial charge on any atom is -0.403 e. The number of rotatable bonds is 5. The van der Waals surface area contributed by atoms with Crippen LogP contribution in [0.15, 0.2) is 35.2 Å². The van der Waals surface area contributed by atoms with Crippen LogP contribution in [0.5, 0.6) is 0 Å². The number of carbonyl (C=O) groups is 1. The van der Waals surface area contributed by atoms with Crippen molar-refractivity contribution >= 4 is 40.6 Å². The first-order valence-electron chi connectivity index (χ1n) is 7.68. The number of anilines is 1. The molecule has 2 rings (SSSR count). The van der Waals surface area contributed by atoms with Crippen LogP contribution < -0.4 is 21.8 Å². The van der Waals surface area contributed by atoms with E-state index in [2.05, 4.69) is 10.4 Å². The second-order valence-corrected chi connectivity index (χ2v) is 6.52. The second kappa shape index (κ2) is 8.26. The zero-order valence-electron chi connectivity index (χ0n) is 13.4. The Labute approximate surface area is 151 Å². The number of hydrogen-bond donors (Lipinski definition) is 3. The van der Waals surface area contributed by atoms with Gasteiger partial charge in [0.15, 0.2) is 0 Å². The fourth-order valence-electron chi connectivity index (χ4n) is 2.31. The van der Waals surface area contributed by atoms with E-state index in [1.807, 2.05) is 13.0 Å². The van der Waals surface area contributed by atoms with E-state index in [4.69, 9.17) is 34.7 Å². The monoisotopic (exact) mass is 369 g/mol. The first kappa shape index (κ1) is 18.4. The maximum absolute atomic E-state index is 12.0. The third-order valence-corrected chi connectivity index (χ3v) is 4.43. The van der Waals surface area contributed by atoms with Gasteiger partial charge in [0.25, 0.3) is 0 Å². The Hall–Kier alpha value is -1.92. The number of allylic oxidation sites excluding steroid dienone is 1. The van der Waals surface area contributed by atoms with Crippen molar-refractivity contribution in [3.05, 3.63) is 40.1 Å². The molecule has 8 heteroatoms. The molecule has 1 aromatic carbocycles. The highest BCUT2D eigenvalue weighted by atomic mass is 35.5. The molecule has 0 aliphatic carbocycles. The normalized spacial score (nSPS) is 17.8. The molecule has 1 amide bonds. The van der Waals surface area contributed by atoms with Gasteiger partial charge in [0.2, 0.25) is 5.91 Å². The zero-order chi connectivity index (χ0) is 17.7. The molecule has 1 aliphatic rings. The number of benzene rings is 1. The molecule has 0 radical (unpaired) electrons. The van der Waals surface area contributed by atoms with E-state index in [9.17, 15) is 4.79 Å². The van der Waals surface area contributed by atoms with Crippen LogP contribution in [0.3, 0.4) is 0 Å². The number of amidine groups is 1. The number of halogens is 2. The maximum atomic E-state index is 12.0. The van der Waals surface area contributed by atoms with Crippen LogP contribution in [0, 0.1) is 5.92 Å². The largest absolute Gasteiger partial charge is 0.403 e. The molecule has 6 nitrogen and oxygen atoms in total. The van der Waals surface area contributed by atoms with Gasteiger partial charge in [-0.2, -0.15) is 5.10 Å². The van der Waals surface area contributed by atoms with Gasteiger partial charge in [-0.05, 0) is 31.0 Å². The summed E-state index contributed by atoms with van der Waals surface area (Å²) in [5.74, 6) is 0.673. The third kappa shape index (κ3) is 4.79. The summed E-state index contributed by atoms with van der Waals surface area (Å²) in [4.78, 5) is 12.0. The Bertz CT molecular complexity index is 674. The summed E-state index contributed by atoms with van der Waals surface area (Å²) in [5.41, 5.74) is 12.3. The second-order valence-electron chi connectivity index (χ2n) is 5.71. The molecule has 1 atom stereocenters. The van der Waals surface area contributed by atoms with Gasteiger partial charge < -0.3 is 16.8 Å². The van der Waals surface area contributed by atoms with E-state index in [1.165, 1.54) is 6.20 Å². The lowest BCUT2D eigenvalue weighted by atomic mass is 10.1. The highest BCUT2D eigenvalue weighted by molar-refractivity contribution is 6.42. The fourth-order valence-corrected chi connectivity index (χ4v) is 2.61. The first-order chi connectivity index (χ1) is 11.4. The van der Waals surface area contributed by atoms with Crippen LogP contribution >= 0.6 is 23.2 Å². The summed E-state index contributed by atoms with van der Waals surface area (Å²) in [6.45, 7) is 2.67. The van der Waals surface area contributed by atoms with E-state index >= 15 is 0 Å². The summed E-state index contributed by atoms with van der Waals surface area (Å²) >= 11 is 12.0. The predicted octanol–water partition coefficient (Wildman–Crippen LogP) is 2.81. The molecule has 0 saturated carbocycles. The van der Waals surface area contributed by atoms with Gasteiger partial charge in [0.1, 0.15) is 5.84 Å². The van der Waals surface area contributed by atoms with E-state index < -0.39 is 0 Å². The topological polar surface area (TPSA) is 96.7 Å². The molecule has 0 saturated heterocycles. The Kier molecular flexibility index (Phi) is 6.34. The van der Waals surface area contributed by atoms with E-state index in [1.54, 1.807) is 17.1 Å². The number of hydrogen-bond acceptors (Lipinski definition) is 5. The molecular weight excluding hydrogens is 349 g/mol. The number of amides is 1. The quantitative estimate of drug-likeness (QED) is 0.743. The average molecular weight is 370 g/mol. The number of nitrogens with two attached hydrogens (primary N) is 2. The molecule has 24 heavy (non-hydrogen) atoms. The van der Waals surface area contributed by atoms with Crippen molar-refractivity contribution in [3.8, 4) is 0 Å². The molecule has 5 N–H and O–H groups in total. The molecule has 0 spiro atoms. The molecule has 1 aromatic rings. The SMILES string of the molecule is C[C@H]1CN(c2ccc(Cl)c(Cl)c2)N=C1NC(=O)CCC/C(N)=C/N. The van der Waals surface area contributed by atoms with E-state index in [0.717, 1.165) is 5.69 Å². The third-order valence-electron chi connectivity index (χ3n) is 3.69. The van der Waals surface area contributed by atoms with Gasteiger partial charge in [-0.1, -0.05) is 30.1 Å². The van der Waals surface area contributed by atoms with Crippen molar-refractivity contribution < 1.29 is 4.79 Å². The molecule has 0 unspecified atom stereocenters. The molecular formula is C16H21Cl2N5O. The minimum atomic E-state index is -0.0820. The number of carbonyl (C=O) groups excluding carboxylic acids is 1. The Morgan fingerprint density at radius 1 is 1.42 bits per heavy atom. The van der Waals surface area contributed by atoms with Crippen molar-refractivity contribution in [2.75, 3.05) is 11.6 Å². The molecule has 0 aromatic heterocycles. The van der Waals surface area contributed by atoms with Crippen LogP contribution in [0.25, 0.3) is 0 Å². The maximum Gasteiger partial charge on any atom is 0.225 e. The predicted molar refractivity (Wildman–Crippen MR) is 98.9 cm³/mol. The zero-order valence-corrected chi connectivity index (χ0v) is 14.9. The lowest BCUT2D eigenvalue weighted by Gasteiger charge is -2.14. The van der Waals surface area contributed by atoms with Crippen molar-refractivity contribution in [2.24, 2.45) is 22.5 Å². The van der Waals surface area contributed by atoms with Crippen LogP contribution in [0.1, 0.15) is 26.2 Å². The lowest BCUT2D eigenvalue weighted by molar-refractivity contribution is -0.119. The van der Waals surface area contributed by atoms with Crippen molar-refractivity contribution in [2.45, 2.75) is 26.2 Å². The Morgan fingerprint density at radius 3 is 2.83 bits per heavy atom. The van der Waals surface area contributed by atoms with Crippen molar-refractivity contribution in [3.63, 3.8) is 0 Å². The van der Waals surface area contributed by atoms with Crippen molar-refractivity contribution in [1.29, 1.82) is 0 Å². The van der Waals surface area contributed by atoms with Crippen LogP contribution in [-0.4, -0.2) is 18.3 Å². The Balaban J connectivity index is 1.95. The highest BCUT2D eigenvalue weighted by Gasteiger charge is 2.25. The van der Waals surface area contributed by atoms with Gasteiger partial charge in [-0.3, -0.25) is 9.80 Å². The molecule has 0 fully saturated rings. The lowest BCUT2D eigenvalue weighted by Crippen LogP contribution is -2.33. The molecule has 1 heterocycles. The van der Waals surface area contributed by atoms with Crippen LogP contribution in [0.4, 0.5) is 5.69 Å². The minimum absolute atomic E-state index is 0.0820. The van der Waals surface area contributed by atoms with E-state index in [0.29, 0.717) is 47.4 Å². The summed E-state index contributed by atoms with van der Waals surface area (Å²) in [5, 5.41) is 10.1. The smallest absolute Gasteiger partial charge is 0.225 e. The summed E-state index contributed by atoms with van der Waals surface area (Å²) in [6.07, 6.45) is 2.97. The standard InChI is InChI=1S/C16H21Cl2N5O/c1-10-9-23(12-5-6-13(17)14(18)7-12)22-16(10)21-15(24)4-2-3-11(20)8-19/h5-8,10H,2-4,9,19-20H2,1H3,(H,21,22,24)/b11-8-/t10-/m0/s1. The average Bonchev–Trinajstić information content (AvgIpc) is 2.90. The molecule has 1 aliphatic heterocycles. The Morgan fingerprint density at radius 2 is 2.17 bits per heavy atom. The summed E-state index contributed by atoms with van der Waals surface area (Å²) < 4.78 is 0. The number of nitrogens with zero attached hydrogens (tertiary/aromatic N) is 2. The van der Waals surface area contributed by atoms with Gasteiger partial charge >= 0.3 is 0 Å². The fraction of sp³-hybridized carbons (Fsp3) is 0.375.